The predicted molar refractivity (Wildman–Crippen MR) is 151 cm³/mol. The second-order valence-electron chi connectivity index (χ2n) is 10.1. The average molecular weight is 530 g/mol. The van der Waals surface area contributed by atoms with Crippen molar-refractivity contribution < 1.29 is 19.1 Å². The second kappa shape index (κ2) is 11.6. The summed E-state index contributed by atoms with van der Waals surface area (Å²) in [6.45, 7) is 7.72. The number of benzene rings is 3. The summed E-state index contributed by atoms with van der Waals surface area (Å²) >= 11 is 0. The van der Waals surface area contributed by atoms with E-state index in [-0.39, 0.29) is 18.4 Å². The van der Waals surface area contributed by atoms with Gasteiger partial charge in [0.2, 0.25) is 11.8 Å². The molecule has 1 heterocycles. The summed E-state index contributed by atoms with van der Waals surface area (Å²) in [7, 11) is 3.13. The van der Waals surface area contributed by atoms with Crippen LogP contribution in [0.4, 0.5) is 5.69 Å². The van der Waals surface area contributed by atoms with E-state index < -0.39 is 11.6 Å². The van der Waals surface area contributed by atoms with Crippen molar-refractivity contribution in [2.24, 2.45) is 0 Å². The third kappa shape index (κ3) is 6.03. The van der Waals surface area contributed by atoms with Crippen molar-refractivity contribution in [2.75, 3.05) is 19.1 Å². The van der Waals surface area contributed by atoms with Crippen LogP contribution in [-0.2, 0) is 16.1 Å². The first kappa shape index (κ1) is 27.6. The first-order valence-electron chi connectivity index (χ1n) is 12.9. The van der Waals surface area contributed by atoms with Crippen LogP contribution in [0.1, 0.15) is 44.4 Å². The van der Waals surface area contributed by atoms with Crippen molar-refractivity contribution >= 4 is 28.5 Å². The number of para-hydroxylation sites is 1. The topological polar surface area (TPSA) is 98.6 Å². The SMILES string of the molecule is CCC(C)(C)NC(=O)C(c1ccc(OC)cc1)N(C(=O)Cn1nnc2ccccc21)c1cc(C)ccc1OC. The molecule has 0 bridgehead atoms. The number of anilines is 1. The lowest BCUT2D eigenvalue weighted by Gasteiger charge is -2.35. The highest BCUT2D eigenvalue weighted by Crippen LogP contribution is 2.37. The van der Waals surface area contributed by atoms with Crippen LogP contribution >= 0.6 is 0 Å². The Bertz CT molecular complexity index is 1460. The zero-order chi connectivity index (χ0) is 28.2. The van der Waals surface area contributed by atoms with Crippen molar-refractivity contribution in [1.29, 1.82) is 0 Å². The molecule has 1 aromatic heterocycles. The monoisotopic (exact) mass is 529 g/mol. The predicted octanol–water partition coefficient (Wildman–Crippen LogP) is 4.84. The number of nitrogens with one attached hydrogen (secondary N) is 1. The number of aryl methyl sites for hydroxylation is 1. The van der Waals surface area contributed by atoms with E-state index in [1.165, 1.54) is 4.90 Å². The summed E-state index contributed by atoms with van der Waals surface area (Å²) in [5, 5.41) is 11.5. The molecule has 1 atom stereocenters. The molecule has 9 nitrogen and oxygen atoms in total. The van der Waals surface area contributed by atoms with Crippen LogP contribution in [0.3, 0.4) is 0 Å². The number of methoxy groups -OCH3 is 2. The number of carbonyl (C=O) groups excluding carboxylic acids is 2. The number of ether oxygens (including phenoxy) is 2. The van der Waals surface area contributed by atoms with E-state index in [9.17, 15) is 9.59 Å². The third-order valence-electron chi connectivity index (χ3n) is 6.85. The van der Waals surface area contributed by atoms with Crippen LogP contribution in [0.5, 0.6) is 11.5 Å². The first-order valence-corrected chi connectivity index (χ1v) is 12.9. The summed E-state index contributed by atoms with van der Waals surface area (Å²) in [4.78, 5) is 29.9. The molecule has 0 radical (unpaired) electrons. The maximum Gasteiger partial charge on any atom is 0.249 e. The van der Waals surface area contributed by atoms with Crippen LogP contribution in [0.15, 0.2) is 66.7 Å². The number of rotatable bonds is 10. The van der Waals surface area contributed by atoms with E-state index in [4.69, 9.17) is 9.47 Å². The van der Waals surface area contributed by atoms with E-state index in [0.29, 0.717) is 34.7 Å². The summed E-state index contributed by atoms with van der Waals surface area (Å²) in [5.74, 6) is 0.456. The highest BCUT2D eigenvalue weighted by Gasteiger charge is 2.36. The zero-order valence-electron chi connectivity index (χ0n) is 23.3. The largest absolute Gasteiger partial charge is 0.497 e. The van der Waals surface area contributed by atoms with E-state index in [2.05, 4.69) is 15.6 Å². The Morgan fingerprint density at radius 3 is 2.41 bits per heavy atom. The minimum absolute atomic E-state index is 0.130. The Kier molecular flexibility index (Phi) is 8.18. The minimum atomic E-state index is -1.00. The van der Waals surface area contributed by atoms with Gasteiger partial charge in [0.25, 0.3) is 0 Å². The van der Waals surface area contributed by atoms with Gasteiger partial charge in [-0.3, -0.25) is 14.5 Å². The molecule has 2 amide bonds. The molecule has 1 unspecified atom stereocenters. The molecule has 4 rings (SSSR count). The maximum atomic E-state index is 14.3. The fraction of sp³-hybridized carbons (Fsp3) is 0.333. The Labute approximate surface area is 228 Å². The Morgan fingerprint density at radius 1 is 1.03 bits per heavy atom. The van der Waals surface area contributed by atoms with Gasteiger partial charge in [0.15, 0.2) is 0 Å². The molecule has 39 heavy (non-hydrogen) atoms. The second-order valence-corrected chi connectivity index (χ2v) is 10.1. The molecule has 0 aliphatic heterocycles. The van der Waals surface area contributed by atoms with Crippen LogP contribution in [0.25, 0.3) is 11.0 Å². The maximum absolute atomic E-state index is 14.3. The summed E-state index contributed by atoms with van der Waals surface area (Å²) in [6.07, 6.45) is 0.709. The number of aromatic nitrogens is 3. The molecule has 4 aromatic rings. The lowest BCUT2D eigenvalue weighted by Crippen LogP contribution is -2.51. The molecule has 3 aromatic carbocycles. The van der Waals surface area contributed by atoms with Crippen molar-refractivity contribution in [3.8, 4) is 11.5 Å². The van der Waals surface area contributed by atoms with Gasteiger partial charge in [-0.15, -0.1) is 5.10 Å². The Hall–Kier alpha value is -4.40. The molecular weight excluding hydrogens is 494 g/mol. The van der Waals surface area contributed by atoms with Crippen molar-refractivity contribution in [2.45, 2.75) is 52.2 Å². The van der Waals surface area contributed by atoms with Crippen molar-refractivity contribution in [3.63, 3.8) is 0 Å². The van der Waals surface area contributed by atoms with Crippen LogP contribution in [0, 0.1) is 6.92 Å². The van der Waals surface area contributed by atoms with E-state index in [0.717, 1.165) is 11.1 Å². The minimum Gasteiger partial charge on any atom is -0.497 e. The van der Waals surface area contributed by atoms with Gasteiger partial charge < -0.3 is 14.8 Å². The van der Waals surface area contributed by atoms with E-state index in [1.54, 1.807) is 49.2 Å². The van der Waals surface area contributed by atoms with Gasteiger partial charge in [-0.2, -0.15) is 0 Å². The normalized spacial score (nSPS) is 12.2. The molecule has 0 saturated heterocycles. The summed E-state index contributed by atoms with van der Waals surface area (Å²) in [6, 6.07) is 19.1. The zero-order valence-corrected chi connectivity index (χ0v) is 23.3. The number of carbonyl (C=O) groups is 2. The van der Waals surface area contributed by atoms with Crippen LogP contribution in [-0.4, -0.2) is 46.6 Å². The molecule has 204 valence electrons. The van der Waals surface area contributed by atoms with Crippen LogP contribution in [0.2, 0.25) is 0 Å². The average Bonchev–Trinajstić information content (AvgIpc) is 3.34. The van der Waals surface area contributed by atoms with E-state index >= 15 is 0 Å². The number of hydrogen-bond acceptors (Lipinski definition) is 6. The van der Waals surface area contributed by atoms with Gasteiger partial charge in [-0.1, -0.05) is 42.5 Å². The highest BCUT2D eigenvalue weighted by atomic mass is 16.5. The fourth-order valence-electron chi connectivity index (χ4n) is 4.34. The molecule has 0 fully saturated rings. The van der Waals surface area contributed by atoms with Gasteiger partial charge >= 0.3 is 0 Å². The number of nitrogens with zero attached hydrogens (tertiary/aromatic N) is 4. The third-order valence-corrected chi connectivity index (χ3v) is 6.85. The number of hydrogen-bond donors (Lipinski definition) is 1. The van der Waals surface area contributed by atoms with Gasteiger partial charge in [-0.25, -0.2) is 4.68 Å². The molecule has 0 aliphatic carbocycles. The quantitative estimate of drug-likeness (QED) is 0.316. The molecule has 1 N–H and O–H groups in total. The molecule has 0 spiro atoms. The van der Waals surface area contributed by atoms with E-state index in [1.807, 2.05) is 64.1 Å². The number of amides is 2. The molecule has 9 heteroatoms. The van der Waals surface area contributed by atoms with Gasteiger partial charge in [0.05, 0.1) is 25.4 Å². The molecular formula is C30H35N5O4. The smallest absolute Gasteiger partial charge is 0.249 e. The Balaban J connectivity index is 1.88. The van der Waals surface area contributed by atoms with Gasteiger partial charge in [-0.05, 0) is 74.7 Å². The van der Waals surface area contributed by atoms with Crippen LogP contribution < -0.4 is 19.7 Å². The lowest BCUT2D eigenvalue weighted by molar-refractivity contribution is -0.128. The number of fused-ring (bicyclic) bond motifs is 1. The first-order chi connectivity index (χ1) is 18.7. The summed E-state index contributed by atoms with van der Waals surface area (Å²) < 4.78 is 12.6. The lowest BCUT2D eigenvalue weighted by atomic mass is 9.98. The Morgan fingerprint density at radius 2 is 1.74 bits per heavy atom. The van der Waals surface area contributed by atoms with Gasteiger partial charge in [0.1, 0.15) is 29.6 Å². The van der Waals surface area contributed by atoms with Crippen molar-refractivity contribution in [3.05, 3.63) is 77.9 Å². The standard InChI is InChI=1S/C30H35N5O4/c1-7-30(3,4)31-29(37)28(21-13-15-22(38-5)16-14-21)35(25-18-20(2)12-17-26(25)39-6)27(36)19-34-24-11-9-8-10-23(24)32-33-34/h8-18,28H,7,19H2,1-6H3,(H,31,37). The summed E-state index contributed by atoms with van der Waals surface area (Å²) in [5.41, 5.74) is 2.93. The van der Waals surface area contributed by atoms with Crippen molar-refractivity contribution in [1.82, 2.24) is 20.3 Å². The highest BCUT2D eigenvalue weighted by molar-refractivity contribution is 6.02. The van der Waals surface area contributed by atoms with Gasteiger partial charge in [0, 0.05) is 5.54 Å². The molecule has 0 saturated carbocycles. The molecule has 0 aliphatic rings. The fourth-order valence-corrected chi connectivity index (χ4v) is 4.34.